The lowest BCUT2D eigenvalue weighted by Crippen LogP contribution is -2.44. The number of carbonyl (C=O) groups is 1. The van der Waals surface area contributed by atoms with Gasteiger partial charge in [-0.2, -0.15) is 23.3 Å². The van der Waals surface area contributed by atoms with Gasteiger partial charge in [0.1, 0.15) is 5.82 Å². The number of nitrogens with zero attached hydrogens (tertiary/aromatic N) is 5. The van der Waals surface area contributed by atoms with E-state index in [0.717, 1.165) is 86.9 Å². The summed E-state index contributed by atoms with van der Waals surface area (Å²) in [4.78, 5) is 23.8. The second-order valence-corrected chi connectivity index (χ2v) is 10.9. The van der Waals surface area contributed by atoms with Crippen LogP contribution < -0.4 is 20.7 Å². The molecule has 1 aliphatic heterocycles. The Kier molecular flexibility index (Phi) is 9.59. The van der Waals surface area contributed by atoms with Crippen molar-refractivity contribution in [2.45, 2.75) is 12.6 Å². The molecule has 10 nitrogen and oxygen atoms in total. The second-order valence-electron chi connectivity index (χ2n) is 10.9. The van der Waals surface area contributed by atoms with Gasteiger partial charge < -0.3 is 25.6 Å². The first-order valence-electron chi connectivity index (χ1n) is 14.9. The molecule has 248 valence electrons. The van der Waals surface area contributed by atoms with E-state index >= 15 is 4.39 Å². The zero-order valence-corrected chi connectivity index (χ0v) is 25.3. The smallest absolute Gasteiger partial charge is 0.434 e. The molecule has 1 aliphatic rings. The lowest BCUT2D eigenvalue weighted by Gasteiger charge is -2.27. The molecular formula is C33H29F5N8O2. The van der Waals surface area contributed by atoms with Crippen LogP contribution in [0.4, 0.5) is 39.3 Å². The molecule has 6 rings (SSSR count). The van der Waals surface area contributed by atoms with Crippen LogP contribution in [0.5, 0.6) is 11.6 Å². The van der Waals surface area contributed by atoms with Gasteiger partial charge in [-0.25, -0.2) is 18.4 Å². The number of piperazine rings is 1. The number of halogens is 5. The average Bonchev–Trinajstić information content (AvgIpc) is 3.53. The number of aromatic nitrogens is 4. The van der Waals surface area contributed by atoms with Gasteiger partial charge in [0, 0.05) is 62.4 Å². The number of hydrogen-bond donors (Lipinski definition) is 3. The van der Waals surface area contributed by atoms with E-state index in [0.29, 0.717) is 4.68 Å². The van der Waals surface area contributed by atoms with Crippen LogP contribution in [0.3, 0.4) is 0 Å². The maximum Gasteiger partial charge on any atom is 0.434 e. The molecule has 48 heavy (non-hydrogen) atoms. The summed E-state index contributed by atoms with van der Waals surface area (Å²) in [5, 5.41) is 12.4. The van der Waals surface area contributed by atoms with Crippen LogP contribution in [0.1, 0.15) is 21.6 Å². The van der Waals surface area contributed by atoms with Crippen molar-refractivity contribution in [2.75, 3.05) is 43.4 Å². The van der Waals surface area contributed by atoms with Gasteiger partial charge in [-0.1, -0.05) is 12.1 Å². The van der Waals surface area contributed by atoms with E-state index in [1.807, 2.05) is 18.2 Å². The molecule has 2 aromatic heterocycles. The molecular weight excluding hydrogens is 635 g/mol. The lowest BCUT2D eigenvalue weighted by atomic mass is 10.1. The number of nitrogens with one attached hydrogen (secondary N) is 3. The maximum atomic E-state index is 15.0. The molecule has 15 heteroatoms. The standard InChI is InChI=1S/C33H29F5N8O2/c34-22-4-7-25(8-5-22)46-30(33(36,37)38)26(20-41-46)31(47)42-24-6-9-28(27(35)19-24)48-29-10-12-40-32(44-29)43-23-3-1-2-21(18-23)11-15-45-16-13-39-14-17-45/h1-10,12,18-20,39H,11,13-17H2,(H,42,47)(H,40,43,44). The number of benzene rings is 3. The van der Waals surface area contributed by atoms with Crippen molar-refractivity contribution < 1.29 is 31.5 Å². The molecule has 0 atom stereocenters. The van der Waals surface area contributed by atoms with Crippen LogP contribution >= 0.6 is 0 Å². The average molecular weight is 665 g/mol. The first-order chi connectivity index (χ1) is 23.1. The Bertz CT molecular complexity index is 1890. The predicted molar refractivity (Wildman–Crippen MR) is 168 cm³/mol. The Hall–Kier alpha value is -5.41. The fourth-order valence-corrected chi connectivity index (χ4v) is 5.15. The quantitative estimate of drug-likeness (QED) is 0.152. The van der Waals surface area contributed by atoms with E-state index in [9.17, 15) is 22.4 Å². The summed E-state index contributed by atoms with van der Waals surface area (Å²) in [6, 6.07) is 16.8. The number of carbonyl (C=O) groups excluding carboxylic acids is 1. The zero-order valence-electron chi connectivity index (χ0n) is 25.3. The van der Waals surface area contributed by atoms with Crippen LogP contribution in [0.2, 0.25) is 0 Å². The number of alkyl halides is 3. The molecule has 3 aromatic carbocycles. The van der Waals surface area contributed by atoms with Crippen LogP contribution in [-0.2, 0) is 12.6 Å². The minimum absolute atomic E-state index is 0.0288. The topological polar surface area (TPSA) is 109 Å². The van der Waals surface area contributed by atoms with E-state index in [1.54, 1.807) is 0 Å². The molecule has 1 amide bonds. The zero-order chi connectivity index (χ0) is 33.7. The first kappa shape index (κ1) is 32.5. The monoisotopic (exact) mass is 664 g/mol. The van der Waals surface area contributed by atoms with Gasteiger partial charge in [0.25, 0.3) is 5.91 Å². The highest BCUT2D eigenvalue weighted by Crippen LogP contribution is 2.34. The normalized spacial score (nSPS) is 13.7. The third-order valence-corrected chi connectivity index (χ3v) is 7.50. The van der Waals surface area contributed by atoms with Crippen molar-refractivity contribution in [3.8, 4) is 17.3 Å². The fraction of sp³-hybridized carbons (Fsp3) is 0.212. The molecule has 0 unspecified atom stereocenters. The number of amides is 1. The van der Waals surface area contributed by atoms with Crippen molar-refractivity contribution in [3.63, 3.8) is 0 Å². The van der Waals surface area contributed by atoms with Crippen molar-refractivity contribution in [1.82, 2.24) is 30.0 Å². The number of rotatable bonds is 10. The molecule has 3 N–H and O–H groups in total. The summed E-state index contributed by atoms with van der Waals surface area (Å²) in [5.74, 6) is -2.73. The van der Waals surface area contributed by atoms with E-state index in [2.05, 4.69) is 42.0 Å². The highest BCUT2D eigenvalue weighted by molar-refractivity contribution is 6.05. The summed E-state index contributed by atoms with van der Waals surface area (Å²) in [6.07, 6.45) is -1.92. The number of anilines is 3. The Morgan fingerprint density at radius 1 is 0.958 bits per heavy atom. The van der Waals surface area contributed by atoms with Crippen LogP contribution in [0.25, 0.3) is 5.69 Å². The van der Waals surface area contributed by atoms with E-state index in [-0.39, 0.29) is 29.0 Å². The molecule has 5 aromatic rings. The molecule has 1 saturated heterocycles. The van der Waals surface area contributed by atoms with Crippen molar-refractivity contribution in [2.24, 2.45) is 0 Å². The van der Waals surface area contributed by atoms with Crippen LogP contribution in [0, 0.1) is 11.6 Å². The molecule has 3 heterocycles. The SMILES string of the molecule is O=C(Nc1ccc(Oc2ccnc(Nc3cccc(CCN4CCNCC4)c3)n2)c(F)c1)c1cnn(-c2ccc(F)cc2)c1C(F)(F)F. The highest BCUT2D eigenvalue weighted by atomic mass is 19.4. The summed E-state index contributed by atoms with van der Waals surface area (Å²) in [6.45, 7) is 4.97. The molecule has 0 spiro atoms. The van der Waals surface area contributed by atoms with Gasteiger partial charge in [0.2, 0.25) is 11.8 Å². The van der Waals surface area contributed by atoms with Crippen LogP contribution in [0.15, 0.2) is 85.2 Å². The lowest BCUT2D eigenvalue weighted by molar-refractivity contribution is -0.143. The van der Waals surface area contributed by atoms with Gasteiger partial charge >= 0.3 is 6.18 Å². The maximum absolute atomic E-state index is 15.0. The van der Waals surface area contributed by atoms with Gasteiger partial charge in [-0.05, 0) is 60.5 Å². The summed E-state index contributed by atoms with van der Waals surface area (Å²) in [5.41, 5.74) is -0.492. The first-order valence-corrected chi connectivity index (χ1v) is 14.9. The van der Waals surface area contributed by atoms with Gasteiger partial charge in [0.05, 0.1) is 17.4 Å². The molecule has 0 bridgehead atoms. The highest BCUT2D eigenvalue weighted by Gasteiger charge is 2.40. The van der Waals surface area contributed by atoms with E-state index in [1.165, 1.54) is 24.4 Å². The molecule has 0 saturated carbocycles. The molecule has 0 aliphatic carbocycles. The fourth-order valence-electron chi connectivity index (χ4n) is 5.15. The predicted octanol–water partition coefficient (Wildman–Crippen LogP) is 6.20. The van der Waals surface area contributed by atoms with Gasteiger partial charge in [0.15, 0.2) is 17.3 Å². The number of hydrogen-bond acceptors (Lipinski definition) is 8. The molecule has 0 radical (unpaired) electrons. The molecule has 1 fully saturated rings. The third kappa shape index (κ3) is 7.93. The van der Waals surface area contributed by atoms with E-state index < -0.39 is 35.0 Å². The Labute approximate surface area is 271 Å². The van der Waals surface area contributed by atoms with Crippen molar-refractivity contribution >= 4 is 23.2 Å². The Balaban J connectivity index is 1.11. The summed E-state index contributed by atoms with van der Waals surface area (Å²) < 4.78 is 76.4. The van der Waals surface area contributed by atoms with Crippen molar-refractivity contribution in [1.29, 1.82) is 0 Å². The minimum Gasteiger partial charge on any atom is -0.436 e. The summed E-state index contributed by atoms with van der Waals surface area (Å²) >= 11 is 0. The minimum atomic E-state index is -4.99. The van der Waals surface area contributed by atoms with E-state index in [4.69, 9.17) is 4.74 Å². The largest absolute Gasteiger partial charge is 0.436 e. The van der Waals surface area contributed by atoms with Crippen LogP contribution in [-0.4, -0.2) is 63.3 Å². The second kappa shape index (κ2) is 14.1. The third-order valence-electron chi connectivity index (χ3n) is 7.50. The Morgan fingerprint density at radius 3 is 2.50 bits per heavy atom. The summed E-state index contributed by atoms with van der Waals surface area (Å²) in [7, 11) is 0. The van der Waals surface area contributed by atoms with Crippen molar-refractivity contribution in [3.05, 3.63) is 114 Å². The van der Waals surface area contributed by atoms with Gasteiger partial charge in [-0.15, -0.1) is 0 Å². The van der Waals surface area contributed by atoms with Gasteiger partial charge in [-0.3, -0.25) is 4.79 Å². The number of ether oxygens (including phenoxy) is 1. The Morgan fingerprint density at radius 2 is 1.75 bits per heavy atom.